The summed E-state index contributed by atoms with van der Waals surface area (Å²) in [4.78, 5) is 13.8. The number of rotatable bonds is 2. The van der Waals surface area contributed by atoms with E-state index in [0.717, 1.165) is 31.7 Å². The predicted octanol–water partition coefficient (Wildman–Crippen LogP) is 1.47. The Morgan fingerprint density at radius 3 is 2.56 bits per heavy atom. The van der Waals surface area contributed by atoms with Gasteiger partial charge in [-0.1, -0.05) is 30.3 Å². The first kappa shape index (κ1) is 11.5. The van der Waals surface area contributed by atoms with Gasteiger partial charge in [0.1, 0.15) is 6.61 Å². The SMILES string of the molecule is O=C(OCc1ccccc1)N1CC2CNCC2C1. The Morgan fingerprint density at radius 1 is 1.22 bits per heavy atom. The van der Waals surface area contributed by atoms with Crippen LogP contribution in [0.3, 0.4) is 0 Å². The first-order valence-corrected chi connectivity index (χ1v) is 6.49. The number of benzene rings is 1. The number of fused-ring (bicyclic) bond motifs is 1. The molecule has 2 unspecified atom stereocenters. The molecule has 2 atom stereocenters. The van der Waals surface area contributed by atoms with Gasteiger partial charge in [0.25, 0.3) is 0 Å². The average Bonchev–Trinajstić information content (AvgIpc) is 2.98. The van der Waals surface area contributed by atoms with Crippen molar-refractivity contribution in [1.29, 1.82) is 0 Å². The molecule has 0 saturated carbocycles. The summed E-state index contributed by atoms with van der Waals surface area (Å²) in [5, 5.41) is 3.36. The summed E-state index contributed by atoms with van der Waals surface area (Å²) >= 11 is 0. The molecule has 1 amide bonds. The summed E-state index contributed by atoms with van der Waals surface area (Å²) in [5.74, 6) is 1.24. The van der Waals surface area contributed by atoms with Crippen molar-refractivity contribution in [2.75, 3.05) is 26.2 Å². The lowest BCUT2D eigenvalue weighted by Gasteiger charge is -2.17. The fourth-order valence-electron chi connectivity index (χ4n) is 2.82. The molecule has 96 valence electrons. The molecule has 0 aromatic heterocycles. The molecule has 0 aliphatic carbocycles. The highest BCUT2D eigenvalue weighted by Crippen LogP contribution is 2.26. The molecule has 1 N–H and O–H groups in total. The van der Waals surface area contributed by atoms with Crippen molar-refractivity contribution >= 4 is 6.09 Å². The van der Waals surface area contributed by atoms with Crippen molar-refractivity contribution in [2.24, 2.45) is 11.8 Å². The van der Waals surface area contributed by atoms with Gasteiger partial charge in [-0.25, -0.2) is 4.79 Å². The minimum absolute atomic E-state index is 0.173. The Hall–Kier alpha value is -1.55. The number of nitrogens with one attached hydrogen (secondary N) is 1. The zero-order valence-electron chi connectivity index (χ0n) is 10.3. The van der Waals surface area contributed by atoms with E-state index in [1.54, 1.807) is 0 Å². The van der Waals surface area contributed by atoms with Gasteiger partial charge in [0.2, 0.25) is 0 Å². The minimum Gasteiger partial charge on any atom is -0.445 e. The molecule has 1 aromatic carbocycles. The zero-order chi connectivity index (χ0) is 12.4. The Balaban J connectivity index is 1.50. The number of likely N-dealkylation sites (tertiary alicyclic amines) is 1. The number of amides is 1. The van der Waals surface area contributed by atoms with Crippen LogP contribution < -0.4 is 5.32 Å². The van der Waals surface area contributed by atoms with Crippen LogP contribution in [-0.4, -0.2) is 37.2 Å². The van der Waals surface area contributed by atoms with E-state index in [4.69, 9.17) is 4.74 Å². The van der Waals surface area contributed by atoms with E-state index in [9.17, 15) is 4.79 Å². The zero-order valence-corrected chi connectivity index (χ0v) is 10.3. The van der Waals surface area contributed by atoms with Crippen LogP contribution >= 0.6 is 0 Å². The molecule has 2 aliphatic heterocycles. The van der Waals surface area contributed by atoms with Crippen molar-refractivity contribution in [1.82, 2.24) is 10.2 Å². The molecule has 18 heavy (non-hydrogen) atoms. The Morgan fingerprint density at radius 2 is 1.89 bits per heavy atom. The van der Waals surface area contributed by atoms with E-state index in [-0.39, 0.29) is 6.09 Å². The summed E-state index contributed by atoms with van der Waals surface area (Å²) < 4.78 is 5.34. The second kappa shape index (κ2) is 4.98. The summed E-state index contributed by atoms with van der Waals surface area (Å²) in [6.45, 7) is 4.11. The van der Waals surface area contributed by atoms with Gasteiger partial charge in [-0.15, -0.1) is 0 Å². The first-order valence-electron chi connectivity index (χ1n) is 6.49. The second-order valence-electron chi connectivity index (χ2n) is 5.12. The van der Waals surface area contributed by atoms with Crippen molar-refractivity contribution in [3.8, 4) is 0 Å². The van der Waals surface area contributed by atoms with Gasteiger partial charge >= 0.3 is 6.09 Å². The molecule has 2 fully saturated rings. The average molecular weight is 246 g/mol. The molecule has 0 radical (unpaired) electrons. The van der Waals surface area contributed by atoms with Crippen molar-refractivity contribution in [3.05, 3.63) is 35.9 Å². The molecule has 3 rings (SSSR count). The first-order chi connectivity index (χ1) is 8.83. The number of carbonyl (C=O) groups is 1. The molecule has 2 aliphatic rings. The quantitative estimate of drug-likeness (QED) is 0.859. The third-order valence-corrected chi connectivity index (χ3v) is 3.85. The summed E-state index contributed by atoms with van der Waals surface area (Å²) in [5.41, 5.74) is 1.03. The molecular formula is C14H18N2O2. The molecule has 2 heterocycles. The number of hydrogen-bond acceptors (Lipinski definition) is 3. The smallest absolute Gasteiger partial charge is 0.410 e. The van der Waals surface area contributed by atoms with Gasteiger partial charge in [0, 0.05) is 26.2 Å². The van der Waals surface area contributed by atoms with E-state index in [1.165, 1.54) is 0 Å². The van der Waals surface area contributed by atoms with Crippen LogP contribution in [0, 0.1) is 11.8 Å². The molecule has 1 aromatic rings. The van der Waals surface area contributed by atoms with Gasteiger partial charge in [-0.2, -0.15) is 0 Å². The lowest BCUT2D eigenvalue weighted by atomic mass is 10.0. The second-order valence-corrected chi connectivity index (χ2v) is 5.12. The number of carbonyl (C=O) groups excluding carboxylic acids is 1. The summed E-state index contributed by atoms with van der Waals surface area (Å²) in [7, 11) is 0. The van der Waals surface area contributed by atoms with Gasteiger partial charge in [0.05, 0.1) is 0 Å². The van der Waals surface area contributed by atoms with Crippen molar-refractivity contribution in [3.63, 3.8) is 0 Å². The molecule has 2 saturated heterocycles. The molecule has 4 heteroatoms. The van der Waals surface area contributed by atoms with Gasteiger partial charge < -0.3 is 15.0 Å². The van der Waals surface area contributed by atoms with Gasteiger partial charge in [0.15, 0.2) is 0 Å². The third kappa shape index (κ3) is 2.34. The van der Waals surface area contributed by atoms with Gasteiger partial charge in [-0.3, -0.25) is 0 Å². The lowest BCUT2D eigenvalue weighted by molar-refractivity contribution is 0.102. The van der Waals surface area contributed by atoms with Crippen LogP contribution in [0.25, 0.3) is 0 Å². The van der Waals surface area contributed by atoms with Crippen LogP contribution in [0.1, 0.15) is 5.56 Å². The third-order valence-electron chi connectivity index (χ3n) is 3.85. The summed E-state index contributed by atoms with van der Waals surface area (Å²) in [6, 6.07) is 9.80. The van der Waals surface area contributed by atoms with Crippen LogP contribution in [0.5, 0.6) is 0 Å². The Kier molecular flexibility index (Phi) is 3.19. The number of nitrogens with zero attached hydrogens (tertiary/aromatic N) is 1. The molecular weight excluding hydrogens is 228 g/mol. The molecule has 4 nitrogen and oxygen atoms in total. The van der Waals surface area contributed by atoms with Crippen molar-refractivity contribution in [2.45, 2.75) is 6.61 Å². The van der Waals surface area contributed by atoms with Crippen LogP contribution in [0.15, 0.2) is 30.3 Å². The molecule has 0 bridgehead atoms. The maximum Gasteiger partial charge on any atom is 0.410 e. The molecule has 0 spiro atoms. The Labute approximate surface area is 107 Å². The minimum atomic E-state index is -0.173. The van der Waals surface area contributed by atoms with E-state index in [0.29, 0.717) is 18.4 Å². The largest absolute Gasteiger partial charge is 0.445 e. The van der Waals surface area contributed by atoms with E-state index in [2.05, 4.69) is 5.32 Å². The highest BCUT2D eigenvalue weighted by atomic mass is 16.6. The van der Waals surface area contributed by atoms with E-state index < -0.39 is 0 Å². The summed E-state index contributed by atoms with van der Waals surface area (Å²) in [6.07, 6.45) is -0.173. The highest BCUT2D eigenvalue weighted by Gasteiger charge is 2.38. The van der Waals surface area contributed by atoms with Gasteiger partial charge in [-0.05, 0) is 17.4 Å². The fourth-order valence-corrected chi connectivity index (χ4v) is 2.82. The van der Waals surface area contributed by atoms with E-state index in [1.807, 2.05) is 35.2 Å². The topological polar surface area (TPSA) is 41.6 Å². The monoisotopic (exact) mass is 246 g/mol. The standard InChI is InChI=1S/C14H18N2O2/c17-14(18-10-11-4-2-1-3-5-11)16-8-12-6-15-7-13(12)9-16/h1-5,12-13,15H,6-10H2. The Bertz CT molecular complexity index is 409. The maximum absolute atomic E-state index is 11.9. The lowest BCUT2D eigenvalue weighted by Crippen LogP contribution is -2.32. The van der Waals surface area contributed by atoms with E-state index >= 15 is 0 Å². The predicted molar refractivity (Wildman–Crippen MR) is 68.0 cm³/mol. The fraction of sp³-hybridized carbons (Fsp3) is 0.500. The highest BCUT2D eigenvalue weighted by molar-refractivity contribution is 5.68. The maximum atomic E-state index is 11.9. The van der Waals surface area contributed by atoms with Crippen molar-refractivity contribution < 1.29 is 9.53 Å². The number of hydrogen-bond donors (Lipinski definition) is 1. The van der Waals surface area contributed by atoms with Crippen LogP contribution in [-0.2, 0) is 11.3 Å². The normalized spacial score (nSPS) is 26.1. The van der Waals surface area contributed by atoms with Crippen LogP contribution in [0.2, 0.25) is 0 Å². The number of ether oxygens (including phenoxy) is 1. The van der Waals surface area contributed by atoms with Crippen LogP contribution in [0.4, 0.5) is 4.79 Å².